The van der Waals surface area contributed by atoms with Crippen LogP contribution in [0.3, 0.4) is 0 Å². The van der Waals surface area contributed by atoms with Gasteiger partial charge in [-0.1, -0.05) is 18.3 Å². The lowest BCUT2D eigenvalue weighted by atomic mass is 10.3. The molecule has 0 aliphatic rings. The van der Waals surface area contributed by atoms with Crippen LogP contribution in [0.5, 0.6) is 5.75 Å². The molecule has 0 aliphatic heterocycles. The molecule has 0 spiro atoms. The van der Waals surface area contributed by atoms with Gasteiger partial charge in [0.2, 0.25) is 5.13 Å². The topological polar surface area (TPSA) is 47.0 Å². The van der Waals surface area contributed by atoms with Crippen molar-refractivity contribution in [2.24, 2.45) is 0 Å². The fraction of sp³-hybridized carbons (Fsp3) is 0.385. The lowest BCUT2D eigenvalue weighted by Gasteiger charge is -2.04. The molecule has 0 bridgehead atoms. The van der Waals surface area contributed by atoms with E-state index in [1.54, 1.807) is 11.8 Å². The fourth-order valence-electron chi connectivity index (χ4n) is 1.43. The Morgan fingerprint density at radius 2 is 2.05 bits per heavy atom. The third-order valence-corrected chi connectivity index (χ3v) is 4.01. The molecule has 0 radical (unpaired) electrons. The molecule has 19 heavy (non-hydrogen) atoms. The Balaban J connectivity index is 1.85. The molecular formula is C13H17N3OS2. The summed E-state index contributed by atoms with van der Waals surface area (Å²) in [5.41, 5.74) is 0. The van der Waals surface area contributed by atoms with E-state index in [1.165, 1.54) is 16.2 Å². The third kappa shape index (κ3) is 4.40. The van der Waals surface area contributed by atoms with E-state index >= 15 is 0 Å². The first-order valence-electron chi connectivity index (χ1n) is 6.15. The largest absolute Gasteiger partial charge is 0.486 e. The molecule has 2 aromatic rings. The molecule has 1 aromatic carbocycles. The smallest absolute Gasteiger partial charge is 0.205 e. The van der Waals surface area contributed by atoms with Crippen LogP contribution < -0.4 is 10.1 Å². The number of nitrogens with zero attached hydrogens (tertiary/aromatic N) is 2. The first kappa shape index (κ1) is 14.1. The van der Waals surface area contributed by atoms with Crippen molar-refractivity contribution in [3.05, 3.63) is 29.3 Å². The highest BCUT2D eigenvalue weighted by Gasteiger charge is 2.04. The van der Waals surface area contributed by atoms with Crippen molar-refractivity contribution in [1.82, 2.24) is 10.2 Å². The maximum Gasteiger partial charge on any atom is 0.205 e. The van der Waals surface area contributed by atoms with Crippen LogP contribution in [0.15, 0.2) is 29.2 Å². The standard InChI is InChI=1S/C13H17N3OS2/c1-3-8-14-13-16-15-12(19-13)9-17-10-4-6-11(18-2)7-5-10/h4-7H,3,8-9H2,1-2H3,(H,14,16). The zero-order valence-electron chi connectivity index (χ0n) is 11.0. The second kappa shape index (κ2) is 7.35. The number of thioether (sulfide) groups is 1. The van der Waals surface area contributed by atoms with E-state index in [0.29, 0.717) is 6.61 Å². The molecule has 1 N–H and O–H groups in total. The highest BCUT2D eigenvalue weighted by molar-refractivity contribution is 7.98. The van der Waals surface area contributed by atoms with Crippen molar-refractivity contribution in [1.29, 1.82) is 0 Å². The van der Waals surface area contributed by atoms with E-state index in [1.807, 2.05) is 24.3 Å². The summed E-state index contributed by atoms with van der Waals surface area (Å²) in [7, 11) is 0. The SMILES string of the molecule is CCCNc1nnc(COc2ccc(SC)cc2)s1. The lowest BCUT2D eigenvalue weighted by molar-refractivity contribution is 0.304. The molecule has 1 heterocycles. The average Bonchev–Trinajstić information content (AvgIpc) is 2.91. The highest BCUT2D eigenvalue weighted by atomic mass is 32.2. The highest BCUT2D eigenvalue weighted by Crippen LogP contribution is 2.21. The van der Waals surface area contributed by atoms with Crippen LogP contribution in [0.4, 0.5) is 5.13 Å². The van der Waals surface area contributed by atoms with Crippen molar-refractivity contribution >= 4 is 28.2 Å². The van der Waals surface area contributed by atoms with Gasteiger partial charge in [0.15, 0.2) is 5.01 Å². The Morgan fingerprint density at radius 1 is 1.26 bits per heavy atom. The number of benzene rings is 1. The lowest BCUT2D eigenvalue weighted by Crippen LogP contribution is -1.98. The minimum absolute atomic E-state index is 0.462. The molecule has 0 fully saturated rings. The van der Waals surface area contributed by atoms with Crippen molar-refractivity contribution in [3.63, 3.8) is 0 Å². The normalized spacial score (nSPS) is 10.4. The van der Waals surface area contributed by atoms with Crippen LogP contribution >= 0.6 is 23.1 Å². The number of ether oxygens (including phenoxy) is 1. The number of hydrogen-bond donors (Lipinski definition) is 1. The molecule has 0 unspecified atom stereocenters. The van der Waals surface area contributed by atoms with Crippen LogP contribution in [0.1, 0.15) is 18.4 Å². The van der Waals surface area contributed by atoms with Gasteiger partial charge in [0.1, 0.15) is 12.4 Å². The molecule has 102 valence electrons. The van der Waals surface area contributed by atoms with Gasteiger partial charge in [-0.15, -0.1) is 22.0 Å². The average molecular weight is 295 g/mol. The van der Waals surface area contributed by atoms with E-state index in [9.17, 15) is 0 Å². The van der Waals surface area contributed by atoms with E-state index in [4.69, 9.17) is 4.74 Å². The molecule has 1 aromatic heterocycles. The maximum absolute atomic E-state index is 5.68. The van der Waals surface area contributed by atoms with Crippen LogP contribution in [-0.4, -0.2) is 23.0 Å². The van der Waals surface area contributed by atoms with E-state index < -0.39 is 0 Å². The summed E-state index contributed by atoms with van der Waals surface area (Å²) in [5, 5.41) is 13.1. The van der Waals surface area contributed by atoms with Crippen LogP contribution in [0.25, 0.3) is 0 Å². The van der Waals surface area contributed by atoms with Gasteiger partial charge in [-0.2, -0.15) is 0 Å². The van der Waals surface area contributed by atoms with Gasteiger partial charge in [0.05, 0.1) is 0 Å². The molecule has 0 amide bonds. The van der Waals surface area contributed by atoms with Gasteiger partial charge in [0, 0.05) is 11.4 Å². The zero-order valence-corrected chi connectivity index (χ0v) is 12.7. The molecule has 4 nitrogen and oxygen atoms in total. The van der Waals surface area contributed by atoms with Crippen molar-refractivity contribution in [3.8, 4) is 5.75 Å². The molecule has 0 saturated carbocycles. The molecule has 0 saturated heterocycles. The first-order valence-corrected chi connectivity index (χ1v) is 8.19. The fourth-order valence-corrected chi connectivity index (χ4v) is 2.52. The summed E-state index contributed by atoms with van der Waals surface area (Å²) in [6.45, 7) is 3.51. The van der Waals surface area contributed by atoms with Crippen molar-refractivity contribution in [2.75, 3.05) is 18.1 Å². The van der Waals surface area contributed by atoms with Crippen molar-refractivity contribution < 1.29 is 4.74 Å². The monoisotopic (exact) mass is 295 g/mol. The minimum atomic E-state index is 0.462. The second-order valence-corrected chi connectivity index (χ2v) is 5.83. The van der Waals surface area contributed by atoms with Crippen molar-refractivity contribution in [2.45, 2.75) is 24.8 Å². The number of nitrogens with one attached hydrogen (secondary N) is 1. The summed E-state index contributed by atoms with van der Waals surface area (Å²) in [6.07, 6.45) is 3.13. The van der Waals surface area contributed by atoms with Gasteiger partial charge in [0.25, 0.3) is 0 Å². The zero-order chi connectivity index (χ0) is 13.5. The summed E-state index contributed by atoms with van der Waals surface area (Å²) in [6, 6.07) is 8.05. The van der Waals surface area contributed by atoms with E-state index in [2.05, 4.69) is 28.7 Å². The van der Waals surface area contributed by atoms with Gasteiger partial charge in [-0.3, -0.25) is 0 Å². The number of aromatic nitrogens is 2. The molecule has 6 heteroatoms. The second-order valence-electron chi connectivity index (χ2n) is 3.89. The Bertz CT molecular complexity index is 499. The summed E-state index contributed by atoms with van der Waals surface area (Å²) < 4.78 is 5.68. The molecule has 0 atom stereocenters. The molecular weight excluding hydrogens is 278 g/mol. The number of hydrogen-bond acceptors (Lipinski definition) is 6. The molecule has 2 rings (SSSR count). The van der Waals surface area contributed by atoms with E-state index in [0.717, 1.165) is 28.9 Å². The predicted molar refractivity (Wildman–Crippen MR) is 81.2 cm³/mol. The van der Waals surface area contributed by atoms with Gasteiger partial charge >= 0.3 is 0 Å². The maximum atomic E-state index is 5.68. The Labute approximate surface area is 121 Å². The van der Waals surface area contributed by atoms with Crippen LogP contribution in [0.2, 0.25) is 0 Å². The Hall–Kier alpha value is -1.27. The number of anilines is 1. The molecule has 0 aliphatic carbocycles. The van der Waals surface area contributed by atoms with E-state index in [-0.39, 0.29) is 0 Å². The van der Waals surface area contributed by atoms with Gasteiger partial charge in [-0.05, 0) is 36.9 Å². The summed E-state index contributed by atoms with van der Waals surface area (Å²) >= 11 is 3.26. The number of rotatable bonds is 7. The Kier molecular flexibility index (Phi) is 5.47. The summed E-state index contributed by atoms with van der Waals surface area (Å²) in [5.74, 6) is 0.857. The van der Waals surface area contributed by atoms with Gasteiger partial charge in [-0.25, -0.2) is 0 Å². The van der Waals surface area contributed by atoms with Crippen LogP contribution in [0, 0.1) is 0 Å². The predicted octanol–water partition coefficient (Wildman–Crippen LogP) is 3.66. The van der Waals surface area contributed by atoms with Crippen LogP contribution in [-0.2, 0) is 6.61 Å². The van der Waals surface area contributed by atoms with Gasteiger partial charge < -0.3 is 10.1 Å². The summed E-state index contributed by atoms with van der Waals surface area (Å²) in [4.78, 5) is 1.23. The minimum Gasteiger partial charge on any atom is -0.486 e. The third-order valence-electron chi connectivity index (χ3n) is 2.41. The first-order chi connectivity index (χ1) is 9.31. The Morgan fingerprint density at radius 3 is 2.74 bits per heavy atom. The quantitative estimate of drug-likeness (QED) is 0.790.